The molecule has 0 spiro atoms. The van der Waals surface area contributed by atoms with Gasteiger partial charge in [0.25, 0.3) is 5.69 Å². The fourth-order valence-corrected chi connectivity index (χ4v) is 7.55. The van der Waals surface area contributed by atoms with Gasteiger partial charge < -0.3 is 10.2 Å². The van der Waals surface area contributed by atoms with E-state index in [1.165, 1.54) is 17.7 Å². The minimum Gasteiger partial charge on any atom is -0.393 e. The quantitative estimate of drug-likeness (QED) is 0.385. The molecule has 5 nitrogen and oxygen atoms in total. The van der Waals surface area contributed by atoms with Gasteiger partial charge in [-0.25, -0.2) is 0 Å². The second kappa shape index (κ2) is 7.28. The van der Waals surface area contributed by atoms with Crippen LogP contribution in [0.5, 0.6) is 0 Å². The molecule has 0 aromatic heterocycles. The van der Waals surface area contributed by atoms with E-state index in [9.17, 15) is 20.3 Å². The topological polar surface area (TPSA) is 83.6 Å². The molecule has 2 N–H and O–H groups in total. The molecule has 5 heteroatoms. The van der Waals surface area contributed by atoms with E-state index < -0.39 is 6.10 Å². The van der Waals surface area contributed by atoms with E-state index in [2.05, 4.69) is 26.0 Å². The average molecular weight is 424 g/mol. The van der Waals surface area contributed by atoms with Crippen LogP contribution in [0.1, 0.15) is 64.4 Å². The highest BCUT2D eigenvalue weighted by Gasteiger charge is 2.59. The molecule has 4 aliphatic rings. The lowest BCUT2D eigenvalue weighted by Gasteiger charge is -2.57. The fraction of sp³-hybridized carbons (Fsp3) is 0.615. The highest BCUT2D eigenvalue weighted by atomic mass is 16.6. The van der Waals surface area contributed by atoms with Crippen molar-refractivity contribution >= 4 is 11.8 Å². The summed E-state index contributed by atoms with van der Waals surface area (Å²) in [5.41, 5.74) is 3.63. The molecule has 7 atom stereocenters. The lowest BCUT2D eigenvalue weighted by molar-refractivity contribution is -0.384. The van der Waals surface area contributed by atoms with Gasteiger partial charge in [-0.1, -0.05) is 31.6 Å². The number of aliphatic hydroxyl groups is 2. The second-order valence-electron chi connectivity index (χ2n) is 10.9. The highest BCUT2D eigenvalue weighted by molar-refractivity contribution is 5.57. The maximum Gasteiger partial charge on any atom is 0.269 e. The van der Waals surface area contributed by atoms with Crippen molar-refractivity contribution in [2.45, 2.75) is 71.0 Å². The molecular weight excluding hydrogens is 390 g/mol. The first-order chi connectivity index (χ1) is 14.7. The van der Waals surface area contributed by atoms with Crippen molar-refractivity contribution < 1.29 is 15.1 Å². The molecule has 4 aliphatic carbocycles. The van der Waals surface area contributed by atoms with Crippen molar-refractivity contribution in [2.75, 3.05) is 0 Å². The van der Waals surface area contributed by atoms with E-state index in [0.717, 1.165) is 56.1 Å². The van der Waals surface area contributed by atoms with Crippen LogP contribution in [0.3, 0.4) is 0 Å². The maximum atomic E-state index is 11.3. The highest BCUT2D eigenvalue weighted by Crippen LogP contribution is 2.65. The Kier molecular flexibility index (Phi) is 4.91. The van der Waals surface area contributed by atoms with Crippen molar-refractivity contribution in [3.8, 4) is 0 Å². The summed E-state index contributed by atoms with van der Waals surface area (Å²) in [4.78, 5) is 10.5. The number of hydrogen-bond acceptors (Lipinski definition) is 4. The molecule has 1 aromatic rings. The predicted molar refractivity (Wildman–Crippen MR) is 120 cm³/mol. The van der Waals surface area contributed by atoms with Crippen LogP contribution < -0.4 is 0 Å². The van der Waals surface area contributed by atoms with Crippen LogP contribution >= 0.6 is 0 Å². The molecule has 0 unspecified atom stereocenters. The summed E-state index contributed by atoms with van der Waals surface area (Å²) < 4.78 is 0. The number of aliphatic hydroxyl groups excluding tert-OH is 2. The van der Waals surface area contributed by atoms with Gasteiger partial charge in [-0.2, -0.15) is 0 Å². The molecule has 3 saturated carbocycles. The zero-order valence-electron chi connectivity index (χ0n) is 18.5. The summed E-state index contributed by atoms with van der Waals surface area (Å²) in [6.45, 7) is 4.69. The van der Waals surface area contributed by atoms with E-state index >= 15 is 0 Å². The number of nitro groups is 1. The SMILES string of the molecule is C[C@]12CC[C@@H]3[C@H](CC=C4C[C@@H](O)CC[C@@]43C)[C@H]1C/C(=C/c1ccc([N+](=O)[O-])cc1)[C@@H]2O. The Bertz CT molecular complexity index is 951. The molecule has 0 bridgehead atoms. The van der Waals surface area contributed by atoms with Crippen LogP contribution in [0.4, 0.5) is 5.69 Å². The van der Waals surface area contributed by atoms with Gasteiger partial charge in [-0.15, -0.1) is 0 Å². The van der Waals surface area contributed by atoms with Crippen LogP contribution in [-0.4, -0.2) is 27.3 Å². The Morgan fingerprint density at radius 1 is 1.06 bits per heavy atom. The van der Waals surface area contributed by atoms with Crippen molar-refractivity contribution in [1.82, 2.24) is 0 Å². The van der Waals surface area contributed by atoms with Gasteiger partial charge in [-0.05, 0) is 91.4 Å². The standard InChI is InChI=1S/C26H33NO4/c1-25-11-9-20(28)15-18(25)5-8-21-22(25)10-12-26(2)23(21)14-17(24(26)29)13-16-3-6-19(7-4-16)27(30)31/h3-7,13,20-24,28-29H,8-12,14-15H2,1-2H3/b17-13-/t20-,21-,22+,23+,24-,25-,26-/m0/s1. The van der Waals surface area contributed by atoms with Crippen LogP contribution in [0.25, 0.3) is 6.08 Å². The van der Waals surface area contributed by atoms with Crippen LogP contribution in [-0.2, 0) is 0 Å². The van der Waals surface area contributed by atoms with Gasteiger partial charge in [0, 0.05) is 17.5 Å². The lowest BCUT2D eigenvalue weighted by atomic mass is 9.48. The first-order valence-corrected chi connectivity index (χ1v) is 11.7. The Morgan fingerprint density at radius 3 is 2.52 bits per heavy atom. The normalized spacial score (nSPS) is 43.0. The smallest absolute Gasteiger partial charge is 0.269 e. The Morgan fingerprint density at radius 2 is 1.81 bits per heavy atom. The summed E-state index contributed by atoms with van der Waals surface area (Å²) in [5, 5.41) is 32.5. The van der Waals surface area contributed by atoms with Gasteiger partial charge >= 0.3 is 0 Å². The molecule has 0 amide bonds. The molecule has 0 radical (unpaired) electrons. The lowest BCUT2D eigenvalue weighted by Crippen LogP contribution is -2.51. The molecule has 0 saturated heterocycles. The number of benzene rings is 1. The average Bonchev–Trinajstić information content (AvgIpc) is 2.99. The monoisotopic (exact) mass is 423 g/mol. The van der Waals surface area contributed by atoms with Gasteiger partial charge in [0.15, 0.2) is 0 Å². The van der Waals surface area contributed by atoms with E-state index in [-0.39, 0.29) is 27.5 Å². The van der Waals surface area contributed by atoms with Crippen molar-refractivity contribution in [1.29, 1.82) is 0 Å². The third-order valence-electron chi connectivity index (χ3n) is 9.40. The number of rotatable bonds is 2. The zero-order valence-corrected chi connectivity index (χ0v) is 18.5. The number of hydrogen-bond donors (Lipinski definition) is 2. The Balaban J connectivity index is 1.44. The summed E-state index contributed by atoms with van der Waals surface area (Å²) in [5.74, 6) is 1.65. The van der Waals surface area contributed by atoms with Gasteiger partial charge in [-0.3, -0.25) is 10.1 Å². The summed E-state index contributed by atoms with van der Waals surface area (Å²) in [6.07, 6.45) is 10.7. The largest absolute Gasteiger partial charge is 0.393 e. The predicted octanol–water partition coefficient (Wildman–Crippen LogP) is 5.27. The molecular formula is C26H33NO4. The van der Waals surface area contributed by atoms with Crippen molar-refractivity contribution in [3.05, 3.63) is 57.2 Å². The molecule has 166 valence electrons. The minimum absolute atomic E-state index is 0.0910. The van der Waals surface area contributed by atoms with Crippen molar-refractivity contribution in [2.24, 2.45) is 28.6 Å². The summed E-state index contributed by atoms with van der Waals surface area (Å²) >= 11 is 0. The van der Waals surface area contributed by atoms with Crippen LogP contribution in [0, 0.1) is 38.7 Å². The van der Waals surface area contributed by atoms with E-state index in [1.54, 1.807) is 12.1 Å². The van der Waals surface area contributed by atoms with Gasteiger partial charge in [0.2, 0.25) is 0 Å². The van der Waals surface area contributed by atoms with Crippen molar-refractivity contribution in [3.63, 3.8) is 0 Å². The van der Waals surface area contributed by atoms with E-state index in [1.807, 2.05) is 0 Å². The fourth-order valence-electron chi connectivity index (χ4n) is 7.55. The molecule has 3 fully saturated rings. The number of nitro benzene ring substituents is 1. The minimum atomic E-state index is -0.458. The van der Waals surface area contributed by atoms with Gasteiger partial charge in [0.1, 0.15) is 0 Å². The first kappa shape index (κ1) is 20.9. The van der Waals surface area contributed by atoms with Gasteiger partial charge in [0.05, 0.1) is 17.1 Å². The van der Waals surface area contributed by atoms with Crippen LogP contribution in [0.15, 0.2) is 41.5 Å². The number of non-ortho nitro benzene ring substituents is 1. The molecule has 5 rings (SSSR count). The molecule has 0 aliphatic heterocycles. The molecule has 0 heterocycles. The van der Waals surface area contributed by atoms with Crippen LogP contribution in [0.2, 0.25) is 0 Å². The maximum absolute atomic E-state index is 11.3. The Labute approximate surface area is 184 Å². The van der Waals surface area contributed by atoms with E-state index in [4.69, 9.17) is 0 Å². The first-order valence-electron chi connectivity index (χ1n) is 11.7. The summed E-state index contributed by atoms with van der Waals surface area (Å²) in [6, 6.07) is 6.61. The Hall–Kier alpha value is -1.98. The third-order valence-corrected chi connectivity index (χ3v) is 9.40. The number of nitrogens with zero attached hydrogens (tertiary/aromatic N) is 1. The number of fused-ring (bicyclic) bond motifs is 5. The number of allylic oxidation sites excluding steroid dienone is 1. The molecule has 31 heavy (non-hydrogen) atoms. The molecule has 1 aromatic carbocycles. The zero-order chi connectivity index (χ0) is 22.0. The second-order valence-corrected chi connectivity index (χ2v) is 10.9. The summed E-state index contributed by atoms with van der Waals surface area (Å²) in [7, 11) is 0. The van der Waals surface area contributed by atoms with E-state index in [0.29, 0.717) is 17.8 Å². The third kappa shape index (κ3) is 3.20.